The Labute approximate surface area is 154 Å². The molecule has 3 N–H and O–H groups in total. The van der Waals surface area contributed by atoms with Crippen LogP contribution in [0.25, 0.3) is 0 Å². The fourth-order valence-corrected chi connectivity index (χ4v) is 3.24. The normalized spacial score (nSPS) is 15.1. The summed E-state index contributed by atoms with van der Waals surface area (Å²) in [7, 11) is 0. The Morgan fingerprint density at radius 2 is 1.77 bits per heavy atom. The van der Waals surface area contributed by atoms with Crippen molar-refractivity contribution >= 4 is 11.8 Å². The molecule has 2 aromatic rings. The SMILES string of the molecule is NC(Cc1ccccc1)C(=O)NCc1ccccc1CN1CCCC1=O. The molecule has 1 aliphatic heterocycles. The van der Waals surface area contributed by atoms with Gasteiger partial charge in [0.15, 0.2) is 0 Å². The Bertz CT molecular complexity index is 761. The second-order valence-electron chi connectivity index (χ2n) is 6.70. The van der Waals surface area contributed by atoms with Gasteiger partial charge in [-0.05, 0) is 29.5 Å². The van der Waals surface area contributed by atoms with E-state index < -0.39 is 6.04 Å². The maximum atomic E-state index is 12.3. The minimum Gasteiger partial charge on any atom is -0.351 e. The van der Waals surface area contributed by atoms with Crippen LogP contribution < -0.4 is 11.1 Å². The van der Waals surface area contributed by atoms with Crippen LogP contribution in [0.1, 0.15) is 29.5 Å². The summed E-state index contributed by atoms with van der Waals surface area (Å²) in [6, 6.07) is 17.1. The molecule has 3 rings (SSSR count). The first kappa shape index (κ1) is 18.1. The zero-order chi connectivity index (χ0) is 18.4. The molecule has 1 aliphatic rings. The maximum Gasteiger partial charge on any atom is 0.237 e. The molecule has 0 aliphatic carbocycles. The number of carbonyl (C=O) groups is 2. The summed E-state index contributed by atoms with van der Waals surface area (Å²) in [6.07, 6.45) is 2.07. The summed E-state index contributed by atoms with van der Waals surface area (Å²) in [6.45, 7) is 1.82. The van der Waals surface area contributed by atoms with Gasteiger partial charge in [-0.1, -0.05) is 54.6 Å². The molecule has 0 saturated carbocycles. The van der Waals surface area contributed by atoms with Crippen LogP contribution in [0.2, 0.25) is 0 Å². The summed E-state index contributed by atoms with van der Waals surface area (Å²) < 4.78 is 0. The van der Waals surface area contributed by atoms with Gasteiger partial charge in [0.1, 0.15) is 0 Å². The Kier molecular flexibility index (Phi) is 6.02. The van der Waals surface area contributed by atoms with Gasteiger partial charge in [0, 0.05) is 26.1 Å². The highest BCUT2D eigenvalue weighted by Gasteiger charge is 2.21. The van der Waals surface area contributed by atoms with Crippen molar-refractivity contribution in [2.45, 2.75) is 38.4 Å². The van der Waals surface area contributed by atoms with E-state index in [0.717, 1.165) is 29.7 Å². The number of rotatable bonds is 7. The van der Waals surface area contributed by atoms with Crippen LogP contribution in [-0.2, 0) is 29.1 Å². The third-order valence-electron chi connectivity index (χ3n) is 4.74. The van der Waals surface area contributed by atoms with E-state index in [4.69, 9.17) is 5.73 Å². The molecule has 0 spiro atoms. The minimum absolute atomic E-state index is 0.166. The number of benzene rings is 2. The predicted molar refractivity (Wildman–Crippen MR) is 101 cm³/mol. The number of hydrogen-bond acceptors (Lipinski definition) is 3. The lowest BCUT2D eigenvalue weighted by atomic mass is 10.0. The highest BCUT2D eigenvalue weighted by Crippen LogP contribution is 2.17. The van der Waals surface area contributed by atoms with E-state index in [-0.39, 0.29) is 11.8 Å². The minimum atomic E-state index is -0.579. The van der Waals surface area contributed by atoms with E-state index in [2.05, 4.69) is 5.32 Å². The second kappa shape index (κ2) is 8.63. The number of nitrogens with two attached hydrogens (primary N) is 1. The molecule has 0 aromatic heterocycles. The Morgan fingerprint density at radius 1 is 1.08 bits per heavy atom. The first-order valence-corrected chi connectivity index (χ1v) is 9.05. The highest BCUT2D eigenvalue weighted by atomic mass is 16.2. The molecule has 1 saturated heterocycles. The number of amides is 2. The molecule has 2 amide bonds. The van der Waals surface area contributed by atoms with Crippen LogP contribution in [0.5, 0.6) is 0 Å². The topological polar surface area (TPSA) is 75.4 Å². The lowest BCUT2D eigenvalue weighted by Crippen LogP contribution is -2.41. The summed E-state index contributed by atoms with van der Waals surface area (Å²) in [5.74, 6) is 0.0367. The maximum absolute atomic E-state index is 12.3. The van der Waals surface area contributed by atoms with Crippen LogP contribution in [0.4, 0.5) is 0 Å². The van der Waals surface area contributed by atoms with Crippen molar-refractivity contribution in [2.24, 2.45) is 5.73 Å². The van der Waals surface area contributed by atoms with E-state index >= 15 is 0 Å². The van der Waals surface area contributed by atoms with Crippen molar-refractivity contribution in [1.29, 1.82) is 0 Å². The quantitative estimate of drug-likeness (QED) is 0.801. The number of likely N-dealkylation sites (tertiary alicyclic amines) is 1. The van der Waals surface area contributed by atoms with E-state index in [1.165, 1.54) is 0 Å². The summed E-state index contributed by atoms with van der Waals surface area (Å²) in [5.41, 5.74) is 9.17. The van der Waals surface area contributed by atoms with Gasteiger partial charge in [-0.25, -0.2) is 0 Å². The average Bonchev–Trinajstić information content (AvgIpc) is 3.06. The molecule has 5 heteroatoms. The standard InChI is InChI=1S/C21H25N3O2/c22-19(13-16-7-2-1-3-8-16)21(26)23-14-17-9-4-5-10-18(17)15-24-12-6-11-20(24)25/h1-5,7-10,19H,6,11-15,22H2,(H,23,26). The monoisotopic (exact) mass is 351 g/mol. The number of nitrogens with zero attached hydrogens (tertiary/aromatic N) is 1. The Hall–Kier alpha value is -2.66. The average molecular weight is 351 g/mol. The van der Waals surface area contributed by atoms with Crippen molar-refractivity contribution < 1.29 is 9.59 Å². The number of carbonyl (C=O) groups excluding carboxylic acids is 2. The zero-order valence-electron chi connectivity index (χ0n) is 14.9. The summed E-state index contributed by atoms with van der Waals surface area (Å²) in [4.78, 5) is 26.1. The van der Waals surface area contributed by atoms with Crippen LogP contribution >= 0.6 is 0 Å². The number of hydrogen-bond donors (Lipinski definition) is 2. The third-order valence-corrected chi connectivity index (χ3v) is 4.74. The van der Waals surface area contributed by atoms with E-state index in [9.17, 15) is 9.59 Å². The van der Waals surface area contributed by atoms with Gasteiger partial charge in [-0.15, -0.1) is 0 Å². The van der Waals surface area contributed by atoms with Crippen LogP contribution in [0.15, 0.2) is 54.6 Å². The fraction of sp³-hybridized carbons (Fsp3) is 0.333. The molecule has 0 bridgehead atoms. The Morgan fingerprint density at radius 3 is 2.46 bits per heavy atom. The molecule has 0 radical (unpaired) electrons. The highest BCUT2D eigenvalue weighted by molar-refractivity contribution is 5.81. The molecule has 5 nitrogen and oxygen atoms in total. The molecule has 1 unspecified atom stereocenters. The van der Waals surface area contributed by atoms with Gasteiger partial charge < -0.3 is 16.0 Å². The van der Waals surface area contributed by atoms with Crippen molar-refractivity contribution in [3.05, 3.63) is 71.3 Å². The third kappa shape index (κ3) is 4.70. The molecule has 1 atom stereocenters. The van der Waals surface area contributed by atoms with Crippen LogP contribution in [0.3, 0.4) is 0 Å². The lowest BCUT2D eigenvalue weighted by molar-refractivity contribution is -0.128. The van der Waals surface area contributed by atoms with Crippen molar-refractivity contribution in [3.8, 4) is 0 Å². The first-order valence-electron chi connectivity index (χ1n) is 9.05. The lowest BCUT2D eigenvalue weighted by Gasteiger charge is -2.19. The molecule has 1 heterocycles. The second-order valence-corrected chi connectivity index (χ2v) is 6.70. The van der Waals surface area contributed by atoms with Crippen molar-refractivity contribution in [2.75, 3.05) is 6.54 Å². The molecule has 1 fully saturated rings. The summed E-state index contributed by atoms with van der Waals surface area (Å²) in [5, 5.41) is 2.93. The molecule has 26 heavy (non-hydrogen) atoms. The summed E-state index contributed by atoms with van der Waals surface area (Å²) >= 11 is 0. The van der Waals surface area contributed by atoms with Crippen LogP contribution in [-0.4, -0.2) is 29.3 Å². The van der Waals surface area contributed by atoms with Gasteiger partial charge >= 0.3 is 0 Å². The molecule has 136 valence electrons. The van der Waals surface area contributed by atoms with Crippen LogP contribution in [0, 0.1) is 0 Å². The van der Waals surface area contributed by atoms with Gasteiger partial charge in [0.25, 0.3) is 0 Å². The molecular weight excluding hydrogens is 326 g/mol. The predicted octanol–water partition coefficient (Wildman–Crippen LogP) is 2.00. The first-order chi connectivity index (χ1) is 12.6. The Balaban J connectivity index is 1.57. The van der Waals surface area contributed by atoms with E-state index in [1.54, 1.807) is 0 Å². The van der Waals surface area contributed by atoms with Gasteiger partial charge in [-0.3, -0.25) is 9.59 Å². The van der Waals surface area contributed by atoms with E-state index in [0.29, 0.717) is 25.9 Å². The van der Waals surface area contributed by atoms with Gasteiger partial charge in [0.05, 0.1) is 6.04 Å². The van der Waals surface area contributed by atoms with Gasteiger partial charge in [-0.2, -0.15) is 0 Å². The molecule has 2 aromatic carbocycles. The van der Waals surface area contributed by atoms with Crippen molar-refractivity contribution in [3.63, 3.8) is 0 Å². The zero-order valence-corrected chi connectivity index (χ0v) is 14.9. The fourth-order valence-electron chi connectivity index (χ4n) is 3.24. The number of nitrogens with one attached hydrogen (secondary N) is 1. The van der Waals surface area contributed by atoms with E-state index in [1.807, 2.05) is 59.5 Å². The largest absolute Gasteiger partial charge is 0.351 e. The smallest absolute Gasteiger partial charge is 0.237 e. The molecular formula is C21H25N3O2. The van der Waals surface area contributed by atoms with Crippen molar-refractivity contribution in [1.82, 2.24) is 10.2 Å². The van der Waals surface area contributed by atoms with Gasteiger partial charge in [0.2, 0.25) is 11.8 Å².